The van der Waals surface area contributed by atoms with Gasteiger partial charge in [0.1, 0.15) is 11.5 Å². The summed E-state index contributed by atoms with van der Waals surface area (Å²) in [6.07, 6.45) is 0.579. The summed E-state index contributed by atoms with van der Waals surface area (Å²) in [5, 5.41) is 24.5. The third-order valence-electron chi connectivity index (χ3n) is 4.28. The molecule has 0 aliphatic carbocycles. The molecule has 0 saturated carbocycles. The zero-order valence-electron chi connectivity index (χ0n) is 12.9. The molecule has 0 amide bonds. The Morgan fingerprint density at radius 1 is 0.625 bits per heavy atom. The van der Waals surface area contributed by atoms with Gasteiger partial charge >= 0.3 is 0 Å². The van der Waals surface area contributed by atoms with Gasteiger partial charge in [-0.15, -0.1) is 17.0 Å². The summed E-state index contributed by atoms with van der Waals surface area (Å²) in [7, 11) is 0. The second kappa shape index (κ2) is 6.54. The lowest BCUT2D eigenvalue weighted by Crippen LogP contribution is -1.91. The standard InChI is InChI=1S/C21H16O2.BrH/c22-19-8-9-21(23)18(12-19)11-17-7-3-6-16-10-14-4-1-2-5-15(14)13-20(16)17;/h1-10,12-13,22-23H,11H2;1H. The lowest BCUT2D eigenvalue weighted by Gasteiger charge is -2.10. The van der Waals surface area contributed by atoms with Gasteiger partial charge < -0.3 is 10.2 Å². The molecule has 0 aliphatic rings. The number of phenolic OH excluding ortho intramolecular Hbond substituents is 2. The number of hydrogen-bond acceptors (Lipinski definition) is 2. The second-order valence-corrected chi connectivity index (χ2v) is 5.83. The van der Waals surface area contributed by atoms with Gasteiger partial charge in [-0.05, 0) is 57.4 Å². The average Bonchev–Trinajstić information content (AvgIpc) is 2.57. The molecule has 0 aliphatic heterocycles. The summed E-state index contributed by atoms with van der Waals surface area (Å²) >= 11 is 0. The SMILES string of the molecule is Br.Oc1ccc(O)c(Cc2cccc3cc4ccccc4cc23)c1. The minimum Gasteiger partial charge on any atom is -0.508 e. The molecule has 3 heteroatoms. The first-order valence-electron chi connectivity index (χ1n) is 7.62. The summed E-state index contributed by atoms with van der Waals surface area (Å²) in [6.45, 7) is 0. The van der Waals surface area contributed by atoms with Gasteiger partial charge in [0.05, 0.1) is 0 Å². The van der Waals surface area contributed by atoms with Gasteiger partial charge in [0.25, 0.3) is 0 Å². The fourth-order valence-electron chi connectivity index (χ4n) is 3.10. The van der Waals surface area contributed by atoms with Crippen LogP contribution in [0.25, 0.3) is 21.5 Å². The first-order valence-corrected chi connectivity index (χ1v) is 7.62. The van der Waals surface area contributed by atoms with Crippen LogP contribution in [-0.4, -0.2) is 10.2 Å². The van der Waals surface area contributed by atoms with Crippen molar-refractivity contribution in [3.63, 3.8) is 0 Å². The maximum absolute atomic E-state index is 10.0. The Morgan fingerprint density at radius 3 is 2.12 bits per heavy atom. The van der Waals surface area contributed by atoms with Crippen LogP contribution in [0, 0.1) is 0 Å². The van der Waals surface area contributed by atoms with Gasteiger partial charge in [-0.3, -0.25) is 0 Å². The van der Waals surface area contributed by atoms with Crippen molar-refractivity contribution in [3.8, 4) is 11.5 Å². The van der Waals surface area contributed by atoms with E-state index in [4.69, 9.17) is 0 Å². The third kappa shape index (κ3) is 2.95. The molecule has 4 aromatic rings. The predicted molar refractivity (Wildman–Crippen MR) is 104 cm³/mol. The van der Waals surface area contributed by atoms with E-state index in [9.17, 15) is 10.2 Å². The molecule has 4 rings (SSSR count). The van der Waals surface area contributed by atoms with Crippen LogP contribution in [0.4, 0.5) is 0 Å². The van der Waals surface area contributed by atoms with Crippen LogP contribution in [0.15, 0.2) is 72.8 Å². The summed E-state index contributed by atoms with van der Waals surface area (Å²) in [5.74, 6) is 0.379. The molecule has 0 atom stereocenters. The van der Waals surface area contributed by atoms with E-state index < -0.39 is 0 Å². The van der Waals surface area contributed by atoms with Crippen molar-refractivity contribution >= 4 is 38.5 Å². The van der Waals surface area contributed by atoms with E-state index in [0.29, 0.717) is 6.42 Å². The third-order valence-corrected chi connectivity index (χ3v) is 4.28. The predicted octanol–water partition coefficient (Wildman–Crippen LogP) is 5.57. The Balaban J connectivity index is 0.00000169. The van der Waals surface area contributed by atoms with E-state index in [1.165, 1.54) is 33.7 Å². The number of phenols is 2. The maximum Gasteiger partial charge on any atom is 0.119 e. The fraction of sp³-hybridized carbons (Fsp3) is 0.0476. The van der Waals surface area contributed by atoms with Crippen LogP contribution >= 0.6 is 17.0 Å². The van der Waals surface area contributed by atoms with Crippen LogP contribution in [0.1, 0.15) is 11.1 Å². The summed E-state index contributed by atoms with van der Waals surface area (Å²) in [5.41, 5.74) is 1.86. The minimum atomic E-state index is 0. The summed E-state index contributed by atoms with van der Waals surface area (Å²) < 4.78 is 0. The highest BCUT2D eigenvalue weighted by Crippen LogP contribution is 2.30. The number of benzene rings is 4. The lowest BCUT2D eigenvalue weighted by molar-refractivity contribution is 0.455. The molecular weight excluding hydrogens is 364 g/mol. The van der Waals surface area contributed by atoms with Gasteiger partial charge in [0.2, 0.25) is 0 Å². The molecule has 24 heavy (non-hydrogen) atoms. The van der Waals surface area contributed by atoms with Crippen LogP contribution in [-0.2, 0) is 6.42 Å². The van der Waals surface area contributed by atoms with Gasteiger partial charge in [-0.1, -0.05) is 42.5 Å². The Labute approximate surface area is 150 Å². The molecule has 2 nitrogen and oxygen atoms in total. The van der Waals surface area contributed by atoms with Crippen molar-refractivity contribution < 1.29 is 10.2 Å². The molecule has 0 bridgehead atoms. The fourth-order valence-corrected chi connectivity index (χ4v) is 3.10. The quantitative estimate of drug-likeness (QED) is 0.352. The van der Waals surface area contributed by atoms with Gasteiger partial charge in [-0.25, -0.2) is 0 Å². The van der Waals surface area contributed by atoms with E-state index in [1.807, 2.05) is 18.2 Å². The van der Waals surface area contributed by atoms with E-state index in [-0.39, 0.29) is 28.5 Å². The number of rotatable bonds is 2. The van der Waals surface area contributed by atoms with Gasteiger partial charge in [0, 0.05) is 12.0 Å². The van der Waals surface area contributed by atoms with E-state index >= 15 is 0 Å². The number of halogens is 1. The van der Waals surface area contributed by atoms with Gasteiger partial charge in [0.15, 0.2) is 0 Å². The average molecular weight is 381 g/mol. The molecule has 4 aromatic carbocycles. The molecule has 0 saturated heterocycles. The molecule has 120 valence electrons. The summed E-state index contributed by atoms with van der Waals surface area (Å²) in [4.78, 5) is 0. The Bertz CT molecular complexity index is 1020. The van der Waals surface area contributed by atoms with Gasteiger partial charge in [-0.2, -0.15) is 0 Å². The molecule has 2 N–H and O–H groups in total. The minimum absolute atomic E-state index is 0. The van der Waals surface area contributed by atoms with Crippen molar-refractivity contribution in [2.45, 2.75) is 6.42 Å². The first kappa shape index (κ1) is 16.3. The highest BCUT2D eigenvalue weighted by molar-refractivity contribution is 8.93. The van der Waals surface area contributed by atoms with Crippen LogP contribution < -0.4 is 0 Å². The lowest BCUT2D eigenvalue weighted by atomic mass is 9.95. The molecule has 0 radical (unpaired) electrons. The highest BCUT2D eigenvalue weighted by atomic mass is 79.9. The van der Waals surface area contributed by atoms with Crippen molar-refractivity contribution in [2.75, 3.05) is 0 Å². The molecule has 0 fully saturated rings. The second-order valence-electron chi connectivity index (χ2n) is 5.83. The number of fused-ring (bicyclic) bond motifs is 2. The Morgan fingerprint density at radius 2 is 1.33 bits per heavy atom. The summed E-state index contributed by atoms with van der Waals surface area (Å²) in [6, 6.07) is 23.5. The Kier molecular flexibility index (Phi) is 4.45. The monoisotopic (exact) mass is 380 g/mol. The van der Waals surface area contributed by atoms with E-state index in [0.717, 1.165) is 11.1 Å². The topological polar surface area (TPSA) is 40.5 Å². The molecule has 0 unspecified atom stereocenters. The van der Waals surface area contributed by atoms with Crippen LogP contribution in [0.5, 0.6) is 11.5 Å². The van der Waals surface area contributed by atoms with Crippen molar-refractivity contribution in [2.24, 2.45) is 0 Å². The van der Waals surface area contributed by atoms with Crippen LogP contribution in [0.3, 0.4) is 0 Å². The molecule has 0 spiro atoms. The van der Waals surface area contributed by atoms with E-state index in [1.54, 1.807) is 6.07 Å². The first-order chi connectivity index (χ1) is 11.2. The molecular formula is C21H17BrO2. The zero-order valence-corrected chi connectivity index (χ0v) is 14.7. The van der Waals surface area contributed by atoms with Crippen molar-refractivity contribution in [1.82, 2.24) is 0 Å². The number of aromatic hydroxyl groups is 2. The number of hydrogen-bond donors (Lipinski definition) is 2. The normalized spacial score (nSPS) is 10.7. The molecule has 0 aromatic heterocycles. The van der Waals surface area contributed by atoms with E-state index in [2.05, 4.69) is 36.4 Å². The largest absolute Gasteiger partial charge is 0.508 e. The Hall–Kier alpha value is -2.52. The van der Waals surface area contributed by atoms with Crippen molar-refractivity contribution in [3.05, 3.63) is 83.9 Å². The molecule has 0 heterocycles. The van der Waals surface area contributed by atoms with Crippen LogP contribution in [0.2, 0.25) is 0 Å². The van der Waals surface area contributed by atoms with Crippen molar-refractivity contribution in [1.29, 1.82) is 0 Å². The smallest absolute Gasteiger partial charge is 0.119 e. The zero-order chi connectivity index (χ0) is 15.8. The maximum atomic E-state index is 10.0. The highest BCUT2D eigenvalue weighted by Gasteiger charge is 2.08.